The number of fused-ring (bicyclic) bond motifs is 1. The Morgan fingerprint density at radius 2 is 1.75 bits per heavy atom. The SMILES string of the molecule is COc1ncc(-c2ccc3nc(N)c(-c4ccccc4)n3c2)cc1NS(=O)(=O)c1ccc(F)cc1F. The maximum absolute atomic E-state index is 14.2. The largest absolute Gasteiger partial charge is 0.480 e. The lowest BCUT2D eigenvalue weighted by Gasteiger charge is -2.13. The van der Waals surface area contributed by atoms with Crippen LogP contribution in [0.25, 0.3) is 28.0 Å². The number of aromatic nitrogens is 3. The van der Waals surface area contributed by atoms with Crippen molar-refractivity contribution in [3.63, 3.8) is 0 Å². The number of nitrogen functional groups attached to an aromatic ring is 1. The summed E-state index contributed by atoms with van der Waals surface area (Å²) in [6, 6.07) is 16.8. The van der Waals surface area contributed by atoms with E-state index in [0.717, 1.165) is 17.7 Å². The maximum Gasteiger partial charge on any atom is 0.264 e. The minimum absolute atomic E-state index is 0.0211. The van der Waals surface area contributed by atoms with Gasteiger partial charge in [0.05, 0.1) is 12.8 Å². The van der Waals surface area contributed by atoms with Gasteiger partial charge in [0.2, 0.25) is 5.88 Å². The Balaban J connectivity index is 1.58. The van der Waals surface area contributed by atoms with Crippen LogP contribution in [0.3, 0.4) is 0 Å². The molecule has 0 aliphatic rings. The number of imidazole rings is 1. The molecule has 0 aliphatic heterocycles. The number of hydrogen-bond acceptors (Lipinski definition) is 6. The number of nitrogens with one attached hydrogen (secondary N) is 1. The number of hydrogen-bond donors (Lipinski definition) is 2. The van der Waals surface area contributed by atoms with Crippen LogP contribution in [0.5, 0.6) is 5.88 Å². The second-order valence-electron chi connectivity index (χ2n) is 7.82. The molecular weight excluding hydrogens is 488 g/mol. The molecular formula is C25H19F2N5O3S. The van der Waals surface area contributed by atoms with E-state index in [1.54, 1.807) is 12.1 Å². The third-order valence-corrected chi connectivity index (χ3v) is 6.90. The van der Waals surface area contributed by atoms with E-state index in [4.69, 9.17) is 10.5 Å². The summed E-state index contributed by atoms with van der Waals surface area (Å²) in [5.74, 6) is -1.77. The quantitative estimate of drug-likeness (QED) is 0.344. The molecule has 3 aromatic heterocycles. The number of rotatable bonds is 6. The summed E-state index contributed by atoms with van der Waals surface area (Å²) < 4.78 is 62.5. The summed E-state index contributed by atoms with van der Waals surface area (Å²) >= 11 is 0. The Labute approximate surface area is 205 Å². The van der Waals surface area contributed by atoms with Crippen molar-refractivity contribution in [2.24, 2.45) is 0 Å². The second kappa shape index (κ2) is 8.93. The molecule has 11 heteroatoms. The van der Waals surface area contributed by atoms with Crippen LogP contribution < -0.4 is 15.2 Å². The molecule has 0 amide bonds. The van der Waals surface area contributed by atoms with Crippen LogP contribution in [-0.4, -0.2) is 29.9 Å². The molecule has 5 rings (SSSR count). The number of sulfonamides is 1. The van der Waals surface area contributed by atoms with Gasteiger partial charge < -0.3 is 10.5 Å². The summed E-state index contributed by atoms with van der Waals surface area (Å²) in [5.41, 5.74) is 9.61. The fourth-order valence-electron chi connectivity index (χ4n) is 3.86. The van der Waals surface area contributed by atoms with Crippen molar-refractivity contribution < 1.29 is 21.9 Å². The van der Waals surface area contributed by atoms with Crippen molar-refractivity contribution in [2.75, 3.05) is 17.6 Å². The van der Waals surface area contributed by atoms with E-state index in [1.165, 1.54) is 19.4 Å². The Morgan fingerprint density at radius 1 is 0.972 bits per heavy atom. The van der Waals surface area contributed by atoms with Gasteiger partial charge in [0.1, 0.15) is 27.9 Å². The predicted molar refractivity (Wildman–Crippen MR) is 132 cm³/mol. The van der Waals surface area contributed by atoms with Crippen LogP contribution >= 0.6 is 0 Å². The molecule has 36 heavy (non-hydrogen) atoms. The van der Waals surface area contributed by atoms with Crippen molar-refractivity contribution >= 4 is 27.2 Å². The fraction of sp³-hybridized carbons (Fsp3) is 0.0400. The van der Waals surface area contributed by atoms with Gasteiger partial charge in [0.25, 0.3) is 10.0 Å². The molecule has 2 aromatic carbocycles. The Kier molecular flexibility index (Phi) is 5.77. The average Bonchev–Trinajstić information content (AvgIpc) is 3.19. The van der Waals surface area contributed by atoms with Crippen molar-refractivity contribution in [3.8, 4) is 28.3 Å². The number of methoxy groups -OCH3 is 1. The molecule has 0 saturated carbocycles. The van der Waals surface area contributed by atoms with E-state index in [2.05, 4.69) is 14.7 Å². The minimum atomic E-state index is -4.41. The van der Waals surface area contributed by atoms with Crippen LogP contribution in [0.4, 0.5) is 20.3 Å². The van der Waals surface area contributed by atoms with Crippen molar-refractivity contribution in [1.82, 2.24) is 14.4 Å². The lowest BCUT2D eigenvalue weighted by Crippen LogP contribution is -2.15. The van der Waals surface area contributed by atoms with Crippen LogP contribution in [0.2, 0.25) is 0 Å². The number of benzene rings is 2. The molecule has 3 N–H and O–H groups in total. The first-order chi connectivity index (χ1) is 17.3. The molecule has 0 atom stereocenters. The van der Waals surface area contributed by atoms with Crippen LogP contribution in [-0.2, 0) is 10.0 Å². The highest BCUT2D eigenvalue weighted by molar-refractivity contribution is 7.92. The van der Waals surface area contributed by atoms with Gasteiger partial charge in [-0.25, -0.2) is 27.2 Å². The number of halogens is 2. The molecule has 0 fully saturated rings. The number of nitrogens with two attached hydrogens (primary N) is 1. The molecule has 0 unspecified atom stereocenters. The van der Waals surface area contributed by atoms with Crippen LogP contribution in [0, 0.1) is 11.6 Å². The minimum Gasteiger partial charge on any atom is -0.480 e. The zero-order chi connectivity index (χ0) is 25.4. The van der Waals surface area contributed by atoms with Crippen LogP contribution in [0.1, 0.15) is 0 Å². The van der Waals surface area contributed by atoms with Gasteiger partial charge in [-0.1, -0.05) is 30.3 Å². The van der Waals surface area contributed by atoms with E-state index in [1.807, 2.05) is 40.9 Å². The van der Waals surface area contributed by atoms with Crippen LogP contribution in [0.15, 0.2) is 84.0 Å². The Morgan fingerprint density at radius 3 is 2.47 bits per heavy atom. The standard InChI is InChI=1S/C25H19F2N5O3S/c1-35-25-20(31-36(33,34)21-9-8-18(26)12-19(21)27)11-17(13-29-25)16-7-10-22-30-24(28)23(32(22)14-16)15-5-3-2-4-6-15/h2-14,31H,28H2,1H3. The first-order valence-electron chi connectivity index (χ1n) is 10.6. The Bertz CT molecular complexity index is 1710. The summed E-state index contributed by atoms with van der Waals surface area (Å²) in [4.78, 5) is 7.91. The van der Waals surface area contributed by atoms with Gasteiger partial charge in [-0.15, -0.1) is 0 Å². The normalized spacial score (nSPS) is 11.5. The van der Waals surface area contributed by atoms with E-state index in [0.29, 0.717) is 34.4 Å². The highest BCUT2D eigenvalue weighted by Crippen LogP contribution is 2.33. The first-order valence-corrected chi connectivity index (χ1v) is 12.1. The van der Waals surface area contributed by atoms with Gasteiger partial charge in [-0.05, 0) is 30.3 Å². The monoisotopic (exact) mass is 507 g/mol. The molecule has 0 aliphatic carbocycles. The summed E-state index contributed by atoms with van der Waals surface area (Å²) in [5, 5.41) is 0. The van der Waals surface area contributed by atoms with E-state index >= 15 is 0 Å². The van der Waals surface area contributed by atoms with Gasteiger partial charge in [0.15, 0.2) is 5.82 Å². The lowest BCUT2D eigenvalue weighted by molar-refractivity contribution is 0.400. The van der Waals surface area contributed by atoms with E-state index < -0.39 is 26.6 Å². The highest BCUT2D eigenvalue weighted by Gasteiger charge is 2.22. The number of pyridine rings is 2. The molecule has 0 bridgehead atoms. The summed E-state index contributed by atoms with van der Waals surface area (Å²) in [6.45, 7) is 0. The van der Waals surface area contributed by atoms with Gasteiger partial charge >= 0.3 is 0 Å². The highest BCUT2D eigenvalue weighted by atomic mass is 32.2. The van der Waals surface area contributed by atoms with E-state index in [-0.39, 0.29) is 11.6 Å². The zero-order valence-electron chi connectivity index (χ0n) is 18.8. The first kappa shape index (κ1) is 23.2. The van der Waals surface area contributed by atoms with Gasteiger partial charge in [-0.2, -0.15) is 0 Å². The van der Waals surface area contributed by atoms with Gasteiger partial charge in [-0.3, -0.25) is 9.12 Å². The van der Waals surface area contributed by atoms with Crippen molar-refractivity contribution in [1.29, 1.82) is 0 Å². The number of anilines is 2. The number of nitrogens with zero attached hydrogens (tertiary/aromatic N) is 3. The topological polar surface area (TPSA) is 112 Å². The molecule has 0 radical (unpaired) electrons. The molecule has 0 spiro atoms. The average molecular weight is 508 g/mol. The third-order valence-electron chi connectivity index (χ3n) is 5.50. The Hall–Kier alpha value is -4.51. The predicted octanol–water partition coefficient (Wildman–Crippen LogP) is 4.73. The fourth-order valence-corrected chi connectivity index (χ4v) is 4.96. The molecule has 182 valence electrons. The molecule has 8 nitrogen and oxygen atoms in total. The molecule has 0 saturated heterocycles. The molecule has 5 aromatic rings. The number of ether oxygens (including phenoxy) is 1. The summed E-state index contributed by atoms with van der Waals surface area (Å²) in [6.07, 6.45) is 3.32. The maximum atomic E-state index is 14.2. The smallest absolute Gasteiger partial charge is 0.264 e. The summed E-state index contributed by atoms with van der Waals surface area (Å²) in [7, 11) is -3.09. The van der Waals surface area contributed by atoms with Crippen molar-refractivity contribution in [2.45, 2.75) is 4.90 Å². The third kappa shape index (κ3) is 4.20. The van der Waals surface area contributed by atoms with E-state index in [9.17, 15) is 17.2 Å². The van der Waals surface area contributed by atoms with Gasteiger partial charge in [0, 0.05) is 35.2 Å². The van der Waals surface area contributed by atoms with Crippen molar-refractivity contribution in [3.05, 3.63) is 90.8 Å². The molecule has 3 heterocycles. The lowest BCUT2D eigenvalue weighted by atomic mass is 10.1. The zero-order valence-corrected chi connectivity index (χ0v) is 19.6. The second-order valence-corrected chi connectivity index (χ2v) is 9.47.